The molecule has 0 aromatic heterocycles. The zero-order valence-electron chi connectivity index (χ0n) is 25.7. The average molecular weight is 642 g/mol. The first-order valence-electron chi connectivity index (χ1n) is 14.5. The molecule has 2 aliphatic rings. The van der Waals surface area contributed by atoms with Gasteiger partial charge in [0.05, 0.1) is 15.2 Å². The largest absolute Gasteiger partial charge is 0.396 e. The highest BCUT2D eigenvalue weighted by molar-refractivity contribution is 7.86. The number of rotatable bonds is 11. The molecule has 2 aliphatic heterocycles. The van der Waals surface area contributed by atoms with E-state index in [1.54, 1.807) is 18.2 Å². The van der Waals surface area contributed by atoms with Crippen LogP contribution in [0.5, 0.6) is 0 Å². The van der Waals surface area contributed by atoms with Crippen LogP contribution in [0, 0.1) is 0 Å². The van der Waals surface area contributed by atoms with Gasteiger partial charge in [-0.25, -0.2) is 0 Å². The lowest BCUT2D eigenvalue weighted by Gasteiger charge is -2.26. The molecule has 0 spiro atoms. The van der Waals surface area contributed by atoms with Crippen LogP contribution in [0.1, 0.15) is 58.6 Å². The summed E-state index contributed by atoms with van der Waals surface area (Å²) in [5.41, 5.74) is 4.32. The Bertz CT molecular complexity index is 1810. The lowest BCUT2D eigenvalue weighted by molar-refractivity contribution is -0.437. The van der Waals surface area contributed by atoms with Crippen LogP contribution in [-0.4, -0.2) is 61.0 Å². The molecule has 44 heavy (non-hydrogen) atoms. The number of fused-ring (bicyclic) bond motifs is 2. The Hall–Kier alpha value is -3.35. The summed E-state index contributed by atoms with van der Waals surface area (Å²) in [7, 11) is -8.66. The molecule has 0 bridgehead atoms. The zero-order valence-corrected chi connectivity index (χ0v) is 27.4. The Morgan fingerprint density at radius 2 is 1.41 bits per heavy atom. The molecule has 11 heteroatoms. The Balaban J connectivity index is 1.58. The van der Waals surface area contributed by atoms with Crippen LogP contribution in [0.4, 0.5) is 11.4 Å². The molecule has 3 N–H and O–H groups in total. The minimum atomic E-state index is -4.35. The van der Waals surface area contributed by atoms with Crippen LogP contribution in [-0.2, 0) is 31.1 Å². The van der Waals surface area contributed by atoms with Crippen LogP contribution in [0.2, 0.25) is 0 Å². The van der Waals surface area contributed by atoms with Crippen molar-refractivity contribution in [1.29, 1.82) is 0 Å². The van der Waals surface area contributed by atoms with E-state index in [0.29, 0.717) is 13.0 Å². The third-order valence-electron chi connectivity index (χ3n) is 8.26. The number of hydrogen-bond donors (Lipinski definition) is 3. The molecule has 236 valence electrons. The second-order valence-electron chi connectivity index (χ2n) is 12.0. The first kappa shape index (κ1) is 33.5. The van der Waals surface area contributed by atoms with Crippen LogP contribution in [0.3, 0.4) is 0 Å². The first-order valence-corrected chi connectivity index (χ1v) is 17.4. The van der Waals surface area contributed by atoms with Crippen molar-refractivity contribution in [3.63, 3.8) is 0 Å². The highest BCUT2D eigenvalue weighted by atomic mass is 32.2. The quantitative estimate of drug-likeness (QED) is 0.162. The summed E-state index contributed by atoms with van der Waals surface area (Å²) in [6.07, 6.45) is 15.0. The fourth-order valence-electron chi connectivity index (χ4n) is 6.05. The van der Waals surface area contributed by atoms with Crippen molar-refractivity contribution in [2.45, 2.75) is 68.1 Å². The molecular formula is C33H41N2O7S2+. The maximum atomic E-state index is 11.8. The number of aliphatic hydroxyl groups is 1. The van der Waals surface area contributed by atoms with Crippen molar-refractivity contribution in [2.24, 2.45) is 0 Å². The fourth-order valence-corrected chi connectivity index (χ4v) is 7.06. The molecule has 0 atom stereocenters. The van der Waals surface area contributed by atoms with Gasteiger partial charge >= 0.3 is 0 Å². The topological polar surface area (TPSA) is 135 Å². The number of nitrogens with zero attached hydrogens (tertiary/aromatic N) is 2. The van der Waals surface area contributed by atoms with Crippen molar-refractivity contribution in [3.8, 4) is 0 Å². The molecule has 0 aliphatic carbocycles. The molecule has 2 aromatic rings. The van der Waals surface area contributed by atoms with Gasteiger partial charge in [0, 0.05) is 54.1 Å². The predicted molar refractivity (Wildman–Crippen MR) is 173 cm³/mol. The van der Waals surface area contributed by atoms with Crippen LogP contribution >= 0.6 is 0 Å². The summed E-state index contributed by atoms with van der Waals surface area (Å²) in [5, 5.41) is 9.46. The second-order valence-corrected chi connectivity index (χ2v) is 14.8. The molecule has 4 rings (SSSR count). The maximum absolute atomic E-state index is 11.8. The van der Waals surface area contributed by atoms with E-state index in [1.807, 2.05) is 70.2 Å². The standard InChI is InChI=1S/C33H40N2O7S2/c1-6-19-34-28-17-15-24(43(37,38)39)22-26(28)32(2,3)30(34)13-10-8-7-9-11-14-31-33(4,5)27-23-25(44(40,41)42)16-18-29(27)35(31)20-12-21-36/h7-11,13-18,22-23,36H,6,12,19-21H2,1-5H3,(H-,37,38,39,40,41,42)/p+1. The molecule has 0 unspecified atom stereocenters. The molecule has 9 nitrogen and oxygen atoms in total. The van der Waals surface area contributed by atoms with Gasteiger partial charge in [-0.1, -0.05) is 51.2 Å². The SMILES string of the molecule is CCC[N+]1=C(/C=C/C=C/C=C/C=C2\N(CCCO)c3ccc(S(=O)(=O)O)cc3C2(C)C)C(C)(C)c2cc(S(=O)(=O)O)ccc21. The summed E-state index contributed by atoms with van der Waals surface area (Å²) in [6.45, 7) is 11.5. The highest BCUT2D eigenvalue weighted by Crippen LogP contribution is 2.48. The van der Waals surface area contributed by atoms with Gasteiger partial charge in [0.15, 0.2) is 5.71 Å². The minimum Gasteiger partial charge on any atom is -0.396 e. The zero-order chi connectivity index (χ0) is 32.5. The number of aliphatic hydroxyl groups excluding tert-OH is 1. The molecule has 0 saturated carbocycles. The molecule has 2 aromatic carbocycles. The smallest absolute Gasteiger partial charge is 0.294 e. The minimum absolute atomic E-state index is 0.0197. The van der Waals surface area contributed by atoms with Crippen molar-refractivity contribution in [1.82, 2.24) is 0 Å². The monoisotopic (exact) mass is 641 g/mol. The van der Waals surface area contributed by atoms with Gasteiger partial charge in [-0.15, -0.1) is 0 Å². The van der Waals surface area contributed by atoms with Gasteiger partial charge in [-0.2, -0.15) is 21.4 Å². The van der Waals surface area contributed by atoms with E-state index in [-0.39, 0.29) is 16.4 Å². The lowest BCUT2D eigenvalue weighted by Crippen LogP contribution is -2.27. The average Bonchev–Trinajstić information content (AvgIpc) is 3.28. The molecule has 0 radical (unpaired) electrons. The third-order valence-corrected chi connectivity index (χ3v) is 9.96. The lowest BCUT2D eigenvalue weighted by atomic mass is 9.81. The van der Waals surface area contributed by atoms with E-state index in [2.05, 4.69) is 16.4 Å². The number of benzene rings is 2. The molecule has 2 heterocycles. The van der Waals surface area contributed by atoms with Gasteiger partial charge in [-0.05, 0) is 62.2 Å². The van der Waals surface area contributed by atoms with Gasteiger partial charge < -0.3 is 10.0 Å². The number of allylic oxidation sites excluding steroid dienone is 8. The Kier molecular flexibility index (Phi) is 9.58. The van der Waals surface area contributed by atoms with Crippen molar-refractivity contribution >= 4 is 37.3 Å². The Morgan fingerprint density at radius 1 is 0.818 bits per heavy atom. The van der Waals surface area contributed by atoms with Gasteiger partial charge in [-0.3, -0.25) is 9.11 Å². The van der Waals surface area contributed by atoms with Crippen LogP contribution in [0.25, 0.3) is 0 Å². The van der Waals surface area contributed by atoms with Gasteiger partial charge in [0.1, 0.15) is 6.54 Å². The fraction of sp³-hybridized carbons (Fsp3) is 0.364. The van der Waals surface area contributed by atoms with E-state index in [1.165, 1.54) is 18.2 Å². The van der Waals surface area contributed by atoms with E-state index in [0.717, 1.165) is 46.9 Å². The van der Waals surface area contributed by atoms with E-state index in [9.17, 15) is 31.0 Å². The summed E-state index contributed by atoms with van der Waals surface area (Å²) >= 11 is 0. The predicted octanol–water partition coefficient (Wildman–Crippen LogP) is 5.70. The van der Waals surface area contributed by atoms with Crippen LogP contribution in [0.15, 0.2) is 94.4 Å². The summed E-state index contributed by atoms with van der Waals surface area (Å²) < 4.78 is 68.5. The molecule has 0 fully saturated rings. The van der Waals surface area contributed by atoms with Gasteiger partial charge in [0.25, 0.3) is 20.2 Å². The Morgan fingerprint density at radius 3 is 2.02 bits per heavy atom. The van der Waals surface area contributed by atoms with Crippen molar-refractivity contribution in [2.75, 3.05) is 24.6 Å². The number of anilines is 1. The molecule has 0 amide bonds. The Labute approximate surface area is 260 Å². The molecule has 0 saturated heterocycles. The highest BCUT2D eigenvalue weighted by Gasteiger charge is 2.44. The summed E-state index contributed by atoms with van der Waals surface area (Å²) in [6, 6.07) is 9.33. The van der Waals surface area contributed by atoms with Crippen LogP contribution < -0.4 is 4.90 Å². The van der Waals surface area contributed by atoms with E-state index < -0.39 is 31.1 Å². The maximum Gasteiger partial charge on any atom is 0.294 e. The van der Waals surface area contributed by atoms with Crippen molar-refractivity contribution in [3.05, 3.63) is 95.8 Å². The first-order chi connectivity index (χ1) is 20.5. The normalized spacial score (nSPS) is 18.8. The second kappa shape index (κ2) is 12.6. The van der Waals surface area contributed by atoms with Gasteiger partial charge in [0.2, 0.25) is 5.69 Å². The number of hydrogen-bond acceptors (Lipinski definition) is 6. The summed E-state index contributed by atoms with van der Waals surface area (Å²) in [5.74, 6) is 0. The van der Waals surface area contributed by atoms with E-state index in [4.69, 9.17) is 0 Å². The summed E-state index contributed by atoms with van der Waals surface area (Å²) in [4.78, 5) is 1.80. The third kappa shape index (κ3) is 6.52. The van der Waals surface area contributed by atoms with Crippen molar-refractivity contribution < 1.29 is 35.6 Å². The molecular weight excluding hydrogens is 601 g/mol. The van der Waals surface area contributed by atoms with E-state index >= 15 is 0 Å².